The minimum atomic E-state index is -3.73. The lowest BCUT2D eigenvalue weighted by molar-refractivity contribution is -0.144. The first-order chi connectivity index (χ1) is 15.4. The number of likely N-dealkylation sites (N-methyl/N-ethyl adjacent to an activating group) is 1. The topological polar surface area (TPSA) is 147 Å². The lowest BCUT2D eigenvalue weighted by Gasteiger charge is -2.34. The molecule has 33 heavy (non-hydrogen) atoms. The van der Waals surface area contributed by atoms with E-state index in [0.717, 1.165) is 0 Å². The number of nitrogens with one attached hydrogen (secondary N) is 2. The quantitative estimate of drug-likeness (QED) is 0.510. The van der Waals surface area contributed by atoms with Gasteiger partial charge in [-0.25, -0.2) is 17.8 Å². The predicted molar refractivity (Wildman–Crippen MR) is 119 cm³/mol. The number of hydrogen-bond acceptors (Lipinski definition) is 7. The van der Waals surface area contributed by atoms with Gasteiger partial charge < -0.3 is 15.3 Å². The van der Waals surface area contributed by atoms with Gasteiger partial charge in [0.05, 0.1) is 29.4 Å². The summed E-state index contributed by atoms with van der Waals surface area (Å²) < 4.78 is 28.8. The Morgan fingerprint density at radius 2 is 1.91 bits per heavy atom. The van der Waals surface area contributed by atoms with Crippen LogP contribution in [-0.2, 0) is 26.2 Å². The van der Waals surface area contributed by atoms with E-state index in [1.165, 1.54) is 35.0 Å². The summed E-state index contributed by atoms with van der Waals surface area (Å²) >= 11 is 0. The molecule has 0 saturated carbocycles. The van der Waals surface area contributed by atoms with Crippen molar-refractivity contribution in [2.24, 2.45) is 5.41 Å². The Kier molecular flexibility index (Phi) is 7.20. The molecule has 0 spiro atoms. The second-order valence-electron chi connectivity index (χ2n) is 9.11. The van der Waals surface area contributed by atoms with Gasteiger partial charge in [0.15, 0.2) is 0 Å². The first-order valence-electron chi connectivity index (χ1n) is 10.6. The molecular weight excluding hydrogens is 448 g/mol. The van der Waals surface area contributed by atoms with Gasteiger partial charge in [0.25, 0.3) is 0 Å². The van der Waals surface area contributed by atoms with Crippen LogP contribution in [0.3, 0.4) is 0 Å². The van der Waals surface area contributed by atoms with Crippen LogP contribution in [0, 0.1) is 5.41 Å². The van der Waals surface area contributed by atoms with Crippen molar-refractivity contribution in [2.45, 2.75) is 56.8 Å². The van der Waals surface area contributed by atoms with E-state index in [4.69, 9.17) is 0 Å². The number of rotatable bonds is 7. The van der Waals surface area contributed by atoms with Crippen LogP contribution in [-0.4, -0.2) is 71.0 Å². The average Bonchev–Trinajstić information content (AvgIpc) is 3.38. The number of aliphatic hydroxyl groups is 1. The fourth-order valence-corrected chi connectivity index (χ4v) is 4.90. The number of sulfonamides is 1. The predicted octanol–water partition coefficient (Wildman–Crippen LogP) is 0.0516. The monoisotopic (exact) mass is 478 g/mol. The van der Waals surface area contributed by atoms with Crippen LogP contribution in [0.25, 0.3) is 0 Å². The molecule has 0 radical (unpaired) electrons. The van der Waals surface area contributed by atoms with E-state index in [9.17, 15) is 23.1 Å². The zero-order valence-electron chi connectivity index (χ0n) is 19.1. The van der Waals surface area contributed by atoms with Crippen LogP contribution in [0.15, 0.2) is 41.4 Å². The first-order valence-corrected chi connectivity index (χ1v) is 12.1. The minimum Gasteiger partial charge on any atom is -0.391 e. The molecule has 3 rings (SSSR count). The lowest BCUT2D eigenvalue weighted by Crippen LogP contribution is -2.49. The van der Waals surface area contributed by atoms with E-state index in [2.05, 4.69) is 20.4 Å². The molecule has 0 bridgehead atoms. The maximum atomic E-state index is 13.5. The van der Waals surface area contributed by atoms with E-state index >= 15 is 0 Å². The highest BCUT2D eigenvalue weighted by Crippen LogP contribution is 2.34. The molecule has 1 aromatic heterocycles. The van der Waals surface area contributed by atoms with Gasteiger partial charge in [-0.2, -0.15) is 0 Å². The van der Waals surface area contributed by atoms with Crippen molar-refractivity contribution >= 4 is 21.8 Å². The van der Waals surface area contributed by atoms with Crippen LogP contribution in [0.1, 0.15) is 38.9 Å². The van der Waals surface area contributed by atoms with Gasteiger partial charge in [-0.1, -0.05) is 44.2 Å². The molecule has 1 aromatic carbocycles. The molecular formula is C21H30N6O5S. The number of hydrogen-bond donors (Lipinski definition) is 3. The van der Waals surface area contributed by atoms with Crippen molar-refractivity contribution < 1.29 is 23.1 Å². The second-order valence-corrected chi connectivity index (χ2v) is 10.9. The van der Waals surface area contributed by atoms with Gasteiger partial charge >= 0.3 is 0 Å². The number of carbonyl (C=O) groups excluding carboxylic acids is 2. The molecule has 12 heteroatoms. The van der Waals surface area contributed by atoms with Gasteiger partial charge in [0.2, 0.25) is 21.8 Å². The van der Waals surface area contributed by atoms with Crippen LogP contribution >= 0.6 is 0 Å². The van der Waals surface area contributed by atoms with Crippen LogP contribution in [0.4, 0.5) is 0 Å². The van der Waals surface area contributed by atoms with Crippen molar-refractivity contribution in [3.8, 4) is 0 Å². The number of nitrogens with zero attached hydrogens (tertiary/aromatic N) is 4. The van der Waals surface area contributed by atoms with Crippen molar-refractivity contribution in [1.29, 1.82) is 0 Å². The third-order valence-electron chi connectivity index (χ3n) is 5.48. The number of β-amino-alcohol motifs (C(OH)–C–C–N with tert-alkyl or cyclic N) is 1. The molecule has 2 heterocycles. The first kappa shape index (κ1) is 24.8. The zero-order chi connectivity index (χ0) is 24.4. The molecule has 1 saturated heterocycles. The Labute approximate surface area is 193 Å². The highest BCUT2D eigenvalue weighted by molar-refractivity contribution is 7.89. The molecule has 1 fully saturated rings. The summed E-state index contributed by atoms with van der Waals surface area (Å²) in [5.74, 6) is -0.712. The summed E-state index contributed by atoms with van der Waals surface area (Å²) in [5, 5.41) is 20.7. The third kappa shape index (κ3) is 5.57. The van der Waals surface area contributed by atoms with Gasteiger partial charge in [-0.3, -0.25) is 9.59 Å². The Morgan fingerprint density at radius 1 is 1.24 bits per heavy atom. The Morgan fingerprint density at radius 3 is 2.52 bits per heavy atom. The zero-order valence-corrected chi connectivity index (χ0v) is 19.9. The largest absolute Gasteiger partial charge is 0.391 e. The number of likely N-dealkylation sites (tertiary alicyclic amines) is 1. The number of aromatic nitrogens is 3. The fourth-order valence-electron chi connectivity index (χ4n) is 3.88. The van der Waals surface area contributed by atoms with Gasteiger partial charge in [0, 0.05) is 20.0 Å². The Balaban J connectivity index is 1.81. The molecule has 2 aromatic rings. The van der Waals surface area contributed by atoms with Crippen LogP contribution < -0.4 is 10.0 Å². The normalized spacial score (nSPS) is 20.0. The van der Waals surface area contributed by atoms with Gasteiger partial charge in [-0.15, -0.1) is 5.10 Å². The van der Waals surface area contributed by atoms with Crippen molar-refractivity contribution in [3.63, 3.8) is 0 Å². The van der Waals surface area contributed by atoms with E-state index in [-0.39, 0.29) is 36.2 Å². The summed E-state index contributed by atoms with van der Waals surface area (Å²) in [6.07, 6.45) is 0.880. The Hall–Kier alpha value is -2.83. The maximum absolute atomic E-state index is 13.5. The van der Waals surface area contributed by atoms with E-state index in [1.807, 2.05) is 20.8 Å². The van der Waals surface area contributed by atoms with Crippen molar-refractivity contribution in [1.82, 2.24) is 29.9 Å². The summed E-state index contributed by atoms with van der Waals surface area (Å²) in [6.45, 7) is 5.51. The highest BCUT2D eigenvalue weighted by atomic mass is 32.2. The van der Waals surface area contributed by atoms with Crippen molar-refractivity contribution in [2.75, 3.05) is 13.6 Å². The number of benzene rings is 1. The minimum absolute atomic E-state index is 0.0436. The number of aliphatic hydroxyl groups excluding tert-OH is 1. The molecule has 3 atom stereocenters. The molecule has 2 amide bonds. The molecule has 1 aliphatic heterocycles. The summed E-state index contributed by atoms with van der Waals surface area (Å²) in [7, 11) is -2.24. The maximum Gasteiger partial charge on any atom is 0.248 e. The molecule has 0 aliphatic carbocycles. The highest BCUT2D eigenvalue weighted by Gasteiger charge is 2.45. The lowest BCUT2D eigenvalue weighted by atomic mass is 9.85. The fraction of sp³-hybridized carbons (Fsp3) is 0.524. The standard InChI is InChI=1S/C21H30N6O5S/c1-21(2,3)18(20(30)26-13-15(28)10-17(26)19(29)22-4)27-12-14(24-25-27)11-23-33(31,32)16-8-6-5-7-9-16/h5-9,12,15,17-18,23,28H,10-11,13H2,1-4H3,(H,22,29)/t15?,17-,18?/m1/s1. The Bertz CT molecular complexity index is 1100. The summed E-state index contributed by atoms with van der Waals surface area (Å²) in [4.78, 5) is 27.3. The molecule has 1 aliphatic rings. The number of carbonyl (C=O) groups is 2. The summed E-state index contributed by atoms with van der Waals surface area (Å²) in [5.41, 5.74) is -0.271. The smallest absolute Gasteiger partial charge is 0.248 e. The van der Waals surface area contributed by atoms with E-state index in [1.54, 1.807) is 18.2 Å². The van der Waals surface area contributed by atoms with E-state index < -0.39 is 33.6 Å². The molecule has 3 N–H and O–H groups in total. The molecule has 2 unspecified atom stereocenters. The third-order valence-corrected chi connectivity index (χ3v) is 6.90. The number of amides is 2. The van der Waals surface area contributed by atoms with Gasteiger partial charge in [0.1, 0.15) is 12.1 Å². The SMILES string of the molecule is CNC(=O)[C@H]1CC(O)CN1C(=O)C(n1cc(CNS(=O)(=O)c2ccccc2)nn1)C(C)(C)C. The van der Waals surface area contributed by atoms with Crippen molar-refractivity contribution in [3.05, 3.63) is 42.2 Å². The average molecular weight is 479 g/mol. The summed E-state index contributed by atoms with van der Waals surface area (Å²) in [6, 6.07) is 6.37. The van der Waals surface area contributed by atoms with Crippen LogP contribution in [0.2, 0.25) is 0 Å². The van der Waals surface area contributed by atoms with Crippen LogP contribution in [0.5, 0.6) is 0 Å². The second kappa shape index (κ2) is 9.57. The molecule has 180 valence electrons. The molecule has 11 nitrogen and oxygen atoms in total. The van der Waals surface area contributed by atoms with Gasteiger partial charge in [-0.05, 0) is 17.5 Å². The van der Waals surface area contributed by atoms with E-state index in [0.29, 0.717) is 5.69 Å².